The minimum Gasteiger partial charge on any atom is -0.454 e. The van der Waals surface area contributed by atoms with Crippen LogP contribution in [0.2, 0.25) is 0 Å². The first-order valence-corrected chi connectivity index (χ1v) is 7.64. The third kappa shape index (κ3) is 1.68. The van der Waals surface area contributed by atoms with Crippen LogP contribution < -0.4 is 9.47 Å². The summed E-state index contributed by atoms with van der Waals surface area (Å²) < 4.78 is 11.3. The predicted molar refractivity (Wildman–Crippen MR) is 87.5 cm³/mol. The number of fused-ring (bicyclic) bond motifs is 5. The van der Waals surface area contributed by atoms with Crippen molar-refractivity contribution in [1.29, 1.82) is 0 Å². The third-order valence-electron chi connectivity index (χ3n) is 4.59. The van der Waals surface area contributed by atoms with Crippen LogP contribution in [0.3, 0.4) is 0 Å². The van der Waals surface area contributed by atoms with E-state index < -0.39 is 6.10 Å². The largest absolute Gasteiger partial charge is 0.454 e. The van der Waals surface area contributed by atoms with E-state index in [0.29, 0.717) is 0 Å². The van der Waals surface area contributed by atoms with Gasteiger partial charge in [-0.2, -0.15) is 0 Å². The standard InChI is InChI=1S/C20H14O3/c21-19-14-9-5-4-8-13(14)18-17(19)15(12-6-2-1-3-7-12)10-16-20(18)23-11-22-16/h1-10,19,21H,11H2. The number of ether oxygens (including phenoxy) is 2. The van der Waals surface area contributed by atoms with E-state index in [9.17, 15) is 5.11 Å². The number of aliphatic hydroxyl groups excluding tert-OH is 1. The van der Waals surface area contributed by atoms with E-state index in [1.807, 2.05) is 60.7 Å². The van der Waals surface area contributed by atoms with Crippen LogP contribution in [0, 0.1) is 0 Å². The van der Waals surface area contributed by atoms with Crippen LogP contribution >= 0.6 is 0 Å². The number of benzene rings is 3. The molecule has 1 heterocycles. The number of hydrogen-bond donors (Lipinski definition) is 1. The monoisotopic (exact) mass is 302 g/mol. The summed E-state index contributed by atoms with van der Waals surface area (Å²) in [4.78, 5) is 0. The SMILES string of the molecule is OC1c2ccccc2-c2c3c(cc(-c4ccccc4)c21)OCO3. The molecule has 112 valence electrons. The molecule has 0 aromatic heterocycles. The van der Waals surface area contributed by atoms with Crippen molar-refractivity contribution < 1.29 is 14.6 Å². The molecular formula is C20H14O3. The normalized spacial score (nSPS) is 17.0. The highest BCUT2D eigenvalue weighted by molar-refractivity contribution is 5.92. The lowest BCUT2D eigenvalue weighted by atomic mass is 9.93. The van der Waals surface area contributed by atoms with Crippen LogP contribution in [0.15, 0.2) is 60.7 Å². The van der Waals surface area contributed by atoms with Crippen molar-refractivity contribution in [3.8, 4) is 33.8 Å². The summed E-state index contributed by atoms with van der Waals surface area (Å²) >= 11 is 0. The number of aliphatic hydroxyl groups is 1. The average molecular weight is 302 g/mol. The van der Waals surface area contributed by atoms with Gasteiger partial charge in [0.25, 0.3) is 0 Å². The van der Waals surface area contributed by atoms with Gasteiger partial charge in [0.1, 0.15) is 6.10 Å². The van der Waals surface area contributed by atoms with Crippen LogP contribution in [0.25, 0.3) is 22.3 Å². The van der Waals surface area contributed by atoms with Gasteiger partial charge in [-0.05, 0) is 28.3 Å². The molecule has 3 nitrogen and oxygen atoms in total. The molecule has 1 unspecified atom stereocenters. The second-order valence-electron chi connectivity index (χ2n) is 5.80. The summed E-state index contributed by atoms with van der Waals surface area (Å²) in [5, 5.41) is 10.9. The van der Waals surface area contributed by atoms with Gasteiger partial charge in [-0.15, -0.1) is 0 Å². The Morgan fingerprint density at radius 2 is 1.65 bits per heavy atom. The minimum atomic E-state index is -0.647. The fourth-order valence-electron chi connectivity index (χ4n) is 3.58. The maximum Gasteiger partial charge on any atom is 0.231 e. The summed E-state index contributed by atoms with van der Waals surface area (Å²) in [6.45, 7) is 0.221. The second-order valence-corrected chi connectivity index (χ2v) is 5.80. The van der Waals surface area contributed by atoms with Crippen molar-refractivity contribution in [1.82, 2.24) is 0 Å². The molecule has 3 aromatic rings. The van der Waals surface area contributed by atoms with Crippen molar-refractivity contribution in [3.63, 3.8) is 0 Å². The zero-order valence-corrected chi connectivity index (χ0v) is 12.3. The van der Waals surface area contributed by atoms with Gasteiger partial charge in [-0.25, -0.2) is 0 Å². The maximum atomic E-state index is 10.9. The molecule has 1 N–H and O–H groups in total. The Labute approximate surface area is 133 Å². The summed E-state index contributed by atoms with van der Waals surface area (Å²) in [5.41, 5.74) is 5.86. The van der Waals surface area contributed by atoms with Crippen LogP contribution in [-0.2, 0) is 0 Å². The van der Waals surface area contributed by atoms with Gasteiger partial charge >= 0.3 is 0 Å². The zero-order valence-electron chi connectivity index (χ0n) is 12.3. The lowest BCUT2D eigenvalue weighted by Crippen LogP contribution is -1.97. The molecule has 0 bridgehead atoms. The Balaban J connectivity index is 1.88. The Morgan fingerprint density at radius 1 is 0.870 bits per heavy atom. The molecule has 23 heavy (non-hydrogen) atoms. The molecule has 0 fully saturated rings. The zero-order chi connectivity index (χ0) is 15.4. The molecule has 2 aliphatic rings. The maximum absolute atomic E-state index is 10.9. The van der Waals surface area contributed by atoms with Crippen LogP contribution in [-0.4, -0.2) is 11.9 Å². The van der Waals surface area contributed by atoms with Crippen LogP contribution in [0.5, 0.6) is 11.5 Å². The molecule has 3 heteroatoms. The molecule has 0 radical (unpaired) electrons. The first-order chi connectivity index (χ1) is 11.3. The van der Waals surface area contributed by atoms with E-state index in [4.69, 9.17) is 9.47 Å². The Morgan fingerprint density at radius 3 is 2.52 bits per heavy atom. The van der Waals surface area contributed by atoms with E-state index in [0.717, 1.165) is 44.9 Å². The highest BCUT2D eigenvalue weighted by Crippen LogP contribution is 2.56. The van der Waals surface area contributed by atoms with Crippen molar-refractivity contribution in [2.24, 2.45) is 0 Å². The molecule has 0 spiro atoms. The van der Waals surface area contributed by atoms with E-state index >= 15 is 0 Å². The van der Waals surface area contributed by atoms with Gasteiger partial charge in [0, 0.05) is 11.1 Å². The minimum absolute atomic E-state index is 0.221. The molecule has 5 rings (SSSR count). The molecular weight excluding hydrogens is 288 g/mol. The molecule has 0 saturated heterocycles. The van der Waals surface area contributed by atoms with Crippen molar-refractivity contribution in [3.05, 3.63) is 71.8 Å². The lowest BCUT2D eigenvalue weighted by Gasteiger charge is -2.14. The number of rotatable bonds is 1. The van der Waals surface area contributed by atoms with Gasteiger partial charge in [-0.3, -0.25) is 0 Å². The Kier molecular flexibility index (Phi) is 2.55. The summed E-state index contributed by atoms with van der Waals surface area (Å²) in [6.07, 6.45) is -0.647. The molecule has 0 amide bonds. The second kappa shape index (κ2) is 4.61. The van der Waals surface area contributed by atoms with Crippen LogP contribution in [0.1, 0.15) is 17.2 Å². The molecule has 1 aliphatic heterocycles. The predicted octanol–water partition coefficient (Wildman–Crippen LogP) is 4.14. The first kappa shape index (κ1) is 12.7. The van der Waals surface area contributed by atoms with E-state index in [-0.39, 0.29) is 6.79 Å². The molecule has 1 aliphatic carbocycles. The van der Waals surface area contributed by atoms with Gasteiger partial charge in [0.05, 0.1) is 0 Å². The molecule has 1 atom stereocenters. The lowest BCUT2D eigenvalue weighted by molar-refractivity contribution is 0.174. The summed E-state index contributed by atoms with van der Waals surface area (Å²) in [5.74, 6) is 1.48. The fraction of sp³-hybridized carbons (Fsp3) is 0.100. The Hall–Kier alpha value is -2.78. The van der Waals surface area contributed by atoms with Crippen molar-refractivity contribution >= 4 is 0 Å². The summed E-state index contributed by atoms with van der Waals surface area (Å²) in [7, 11) is 0. The van der Waals surface area contributed by atoms with Gasteiger partial charge < -0.3 is 14.6 Å². The highest BCUT2D eigenvalue weighted by atomic mass is 16.7. The molecule has 0 saturated carbocycles. The Bertz CT molecular complexity index is 916. The van der Waals surface area contributed by atoms with E-state index in [2.05, 4.69) is 0 Å². The topological polar surface area (TPSA) is 38.7 Å². The van der Waals surface area contributed by atoms with Gasteiger partial charge in [-0.1, -0.05) is 54.6 Å². The quantitative estimate of drug-likeness (QED) is 0.734. The third-order valence-corrected chi connectivity index (χ3v) is 4.59. The highest BCUT2D eigenvalue weighted by Gasteiger charge is 2.36. The van der Waals surface area contributed by atoms with Gasteiger partial charge in [0.2, 0.25) is 6.79 Å². The average Bonchev–Trinajstić information content (AvgIpc) is 3.18. The number of hydrogen-bond acceptors (Lipinski definition) is 3. The summed E-state index contributed by atoms with van der Waals surface area (Å²) in [6, 6.07) is 20.0. The smallest absolute Gasteiger partial charge is 0.231 e. The fourth-order valence-corrected chi connectivity index (χ4v) is 3.58. The molecule has 3 aromatic carbocycles. The van der Waals surface area contributed by atoms with E-state index in [1.54, 1.807) is 0 Å². The van der Waals surface area contributed by atoms with Gasteiger partial charge in [0.15, 0.2) is 11.5 Å². The van der Waals surface area contributed by atoms with Crippen molar-refractivity contribution in [2.45, 2.75) is 6.10 Å². The first-order valence-electron chi connectivity index (χ1n) is 7.64. The van der Waals surface area contributed by atoms with Crippen molar-refractivity contribution in [2.75, 3.05) is 6.79 Å². The van der Waals surface area contributed by atoms with E-state index in [1.165, 1.54) is 0 Å². The van der Waals surface area contributed by atoms with Crippen LogP contribution in [0.4, 0.5) is 0 Å².